The van der Waals surface area contributed by atoms with Crippen molar-refractivity contribution in [3.8, 4) is 0 Å². The summed E-state index contributed by atoms with van der Waals surface area (Å²) in [6, 6.07) is 8.86. The highest BCUT2D eigenvalue weighted by atomic mass is 16.6. The van der Waals surface area contributed by atoms with Crippen LogP contribution >= 0.6 is 0 Å². The van der Waals surface area contributed by atoms with Crippen molar-refractivity contribution < 1.29 is 14.7 Å². The second kappa shape index (κ2) is 5.77. The first-order chi connectivity index (χ1) is 7.29. The predicted molar refractivity (Wildman–Crippen MR) is 55.2 cm³/mol. The van der Waals surface area contributed by atoms with E-state index in [0.717, 1.165) is 0 Å². The largest absolute Gasteiger partial charge is 0.398 e. The zero-order valence-corrected chi connectivity index (χ0v) is 8.30. The molecule has 0 fully saturated rings. The molecule has 0 radical (unpaired) electrons. The Morgan fingerprint density at radius 1 is 1.47 bits per heavy atom. The first-order valence-electron chi connectivity index (χ1n) is 4.35. The smallest absolute Gasteiger partial charge is 0.275 e. The molecule has 5 heteroatoms. The Kier molecular flexibility index (Phi) is 4.30. The van der Waals surface area contributed by atoms with Crippen LogP contribution in [-0.4, -0.2) is 30.6 Å². The Morgan fingerprint density at radius 2 is 2.13 bits per heavy atom. The number of carbonyl (C=O) groups excluding carboxylic acids is 1. The number of benzene rings is 1. The minimum atomic E-state index is -0.481. The number of aliphatic hydroxyl groups excluding tert-OH is 1. The molecule has 15 heavy (non-hydrogen) atoms. The van der Waals surface area contributed by atoms with E-state index >= 15 is 0 Å². The molecular weight excluding hydrogens is 196 g/mol. The third-order valence-electron chi connectivity index (χ3n) is 1.68. The summed E-state index contributed by atoms with van der Waals surface area (Å²) in [6.45, 7) is -0.436. The van der Waals surface area contributed by atoms with E-state index in [1.807, 2.05) is 6.07 Å². The van der Waals surface area contributed by atoms with Gasteiger partial charge in [0.1, 0.15) is 13.8 Å². The number of rotatable bonds is 4. The van der Waals surface area contributed by atoms with E-state index in [2.05, 4.69) is 15.3 Å². The van der Waals surface area contributed by atoms with E-state index in [1.165, 1.54) is 7.11 Å². The minimum Gasteiger partial charge on any atom is -0.398 e. The third-order valence-corrected chi connectivity index (χ3v) is 1.68. The number of carbonyl (C=O) groups is 1. The summed E-state index contributed by atoms with van der Waals surface area (Å²) >= 11 is 0. The molecule has 0 bridgehead atoms. The summed E-state index contributed by atoms with van der Waals surface area (Å²) < 4.78 is 0. The van der Waals surface area contributed by atoms with Crippen LogP contribution in [0.1, 0.15) is 5.56 Å². The molecule has 0 aliphatic carbocycles. The molecule has 0 aliphatic rings. The van der Waals surface area contributed by atoms with Gasteiger partial charge in [0.25, 0.3) is 5.91 Å². The molecule has 1 aromatic rings. The van der Waals surface area contributed by atoms with Gasteiger partial charge in [0, 0.05) is 5.56 Å². The van der Waals surface area contributed by atoms with Gasteiger partial charge in [0.05, 0.1) is 0 Å². The van der Waals surface area contributed by atoms with E-state index in [9.17, 15) is 4.79 Å². The van der Waals surface area contributed by atoms with Crippen LogP contribution in [0.25, 0.3) is 0 Å². The molecule has 0 spiro atoms. The van der Waals surface area contributed by atoms with Crippen molar-refractivity contribution in [1.29, 1.82) is 0 Å². The molecule has 0 saturated carbocycles. The molecular formula is C10H12N2O3. The first kappa shape index (κ1) is 11.2. The highest BCUT2D eigenvalue weighted by molar-refractivity contribution is 6.45. The Morgan fingerprint density at radius 3 is 2.67 bits per heavy atom. The van der Waals surface area contributed by atoms with Gasteiger partial charge >= 0.3 is 0 Å². The summed E-state index contributed by atoms with van der Waals surface area (Å²) in [5.74, 6) is -0.481. The fourth-order valence-corrected chi connectivity index (χ4v) is 1.07. The molecule has 0 aliphatic heterocycles. The molecule has 0 saturated heterocycles. The number of oxime groups is 1. The zero-order chi connectivity index (χ0) is 11.1. The fraction of sp³-hybridized carbons (Fsp3) is 0.200. The Labute approximate surface area is 87.4 Å². The van der Waals surface area contributed by atoms with Crippen LogP contribution in [0.2, 0.25) is 0 Å². The lowest BCUT2D eigenvalue weighted by Crippen LogP contribution is -2.32. The van der Waals surface area contributed by atoms with Crippen LogP contribution in [0, 0.1) is 0 Å². The number of nitrogens with zero attached hydrogens (tertiary/aromatic N) is 1. The highest BCUT2D eigenvalue weighted by Gasteiger charge is 2.13. The third kappa shape index (κ3) is 3.07. The lowest BCUT2D eigenvalue weighted by molar-refractivity contribution is -0.115. The van der Waals surface area contributed by atoms with Crippen molar-refractivity contribution in [2.45, 2.75) is 0 Å². The van der Waals surface area contributed by atoms with Gasteiger partial charge in [0.15, 0.2) is 5.71 Å². The van der Waals surface area contributed by atoms with Gasteiger partial charge < -0.3 is 15.3 Å². The van der Waals surface area contributed by atoms with E-state index in [1.54, 1.807) is 24.3 Å². The van der Waals surface area contributed by atoms with Crippen LogP contribution in [0.3, 0.4) is 0 Å². The standard InChI is InChI=1S/C10H12N2O3/c1-15-12-9(10(14)11-7-13)8-5-3-2-4-6-8/h2-6,13H,7H2,1H3,(H,11,14). The first-order valence-corrected chi connectivity index (χ1v) is 4.35. The molecule has 1 aromatic carbocycles. The summed E-state index contributed by atoms with van der Waals surface area (Å²) in [5.41, 5.74) is 0.762. The molecule has 1 amide bonds. The van der Waals surface area contributed by atoms with E-state index in [0.29, 0.717) is 5.56 Å². The molecule has 5 nitrogen and oxygen atoms in total. The van der Waals surface area contributed by atoms with Gasteiger partial charge in [-0.2, -0.15) is 0 Å². The number of hydrogen-bond acceptors (Lipinski definition) is 4. The number of hydrogen-bond donors (Lipinski definition) is 2. The van der Waals surface area contributed by atoms with Gasteiger partial charge in [-0.1, -0.05) is 35.5 Å². The van der Waals surface area contributed by atoms with Gasteiger partial charge in [-0.25, -0.2) is 0 Å². The van der Waals surface area contributed by atoms with Crippen molar-refractivity contribution in [2.75, 3.05) is 13.8 Å². The minimum absolute atomic E-state index is 0.132. The Balaban J connectivity index is 2.94. The van der Waals surface area contributed by atoms with E-state index in [4.69, 9.17) is 5.11 Å². The maximum Gasteiger partial charge on any atom is 0.275 e. The van der Waals surface area contributed by atoms with Crippen LogP contribution in [0.15, 0.2) is 35.5 Å². The summed E-state index contributed by atoms with van der Waals surface area (Å²) in [5, 5.41) is 14.4. The van der Waals surface area contributed by atoms with Crippen molar-refractivity contribution in [3.63, 3.8) is 0 Å². The monoisotopic (exact) mass is 208 g/mol. The lowest BCUT2D eigenvalue weighted by Gasteiger charge is -2.04. The Hall–Kier alpha value is -1.88. The van der Waals surface area contributed by atoms with Crippen molar-refractivity contribution >= 4 is 11.6 Å². The molecule has 0 aromatic heterocycles. The average molecular weight is 208 g/mol. The summed E-state index contributed by atoms with van der Waals surface area (Å²) in [4.78, 5) is 16.0. The molecule has 0 atom stereocenters. The zero-order valence-electron chi connectivity index (χ0n) is 8.30. The normalized spacial score (nSPS) is 10.9. The van der Waals surface area contributed by atoms with Crippen LogP contribution < -0.4 is 5.32 Å². The van der Waals surface area contributed by atoms with Gasteiger partial charge in [0.2, 0.25) is 0 Å². The van der Waals surface area contributed by atoms with Crippen molar-refractivity contribution in [3.05, 3.63) is 35.9 Å². The van der Waals surface area contributed by atoms with Crippen LogP contribution in [0.4, 0.5) is 0 Å². The maximum absolute atomic E-state index is 11.5. The average Bonchev–Trinajstić information content (AvgIpc) is 2.27. The van der Waals surface area contributed by atoms with Gasteiger partial charge in [-0.05, 0) is 0 Å². The molecule has 0 heterocycles. The number of aliphatic hydroxyl groups is 1. The molecule has 2 N–H and O–H groups in total. The SMILES string of the molecule is CON=C(C(=O)NCO)c1ccccc1. The van der Waals surface area contributed by atoms with Gasteiger partial charge in [-0.15, -0.1) is 0 Å². The van der Waals surface area contributed by atoms with Crippen LogP contribution in [0.5, 0.6) is 0 Å². The lowest BCUT2D eigenvalue weighted by atomic mass is 10.1. The van der Waals surface area contributed by atoms with Crippen molar-refractivity contribution in [2.24, 2.45) is 5.16 Å². The second-order valence-electron chi connectivity index (χ2n) is 2.65. The van der Waals surface area contributed by atoms with Gasteiger partial charge in [-0.3, -0.25) is 4.79 Å². The van der Waals surface area contributed by atoms with Crippen molar-refractivity contribution in [1.82, 2.24) is 5.32 Å². The second-order valence-corrected chi connectivity index (χ2v) is 2.65. The maximum atomic E-state index is 11.5. The Bertz CT molecular complexity index is 349. The quantitative estimate of drug-likeness (QED) is 0.419. The fourth-order valence-electron chi connectivity index (χ4n) is 1.07. The molecule has 80 valence electrons. The highest BCUT2D eigenvalue weighted by Crippen LogP contribution is 2.01. The topological polar surface area (TPSA) is 70.9 Å². The molecule has 1 rings (SSSR count). The molecule has 0 unspecified atom stereocenters. The summed E-state index contributed by atoms with van der Waals surface area (Å²) in [6.07, 6.45) is 0. The predicted octanol–water partition coefficient (Wildman–Crippen LogP) is 0.103. The van der Waals surface area contributed by atoms with Crippen LogP contribution in [-0.2, 0) is 9.63 Å². The summed E-state index contributed by atoms with van der Waals surface area (Å²) in [7, 11) is 1.36. The number of amides is 1. The van der Waals surface area contributed by atoms with E-state index in [-0.39, 0.29) is 5.71 Å². The van der Waals surface area contributed by atoms with E-state index < -0.39 is 12.6 Å². The number of nitrogens with one attached hydrogen (secondary N) is 1.